The maximum atomic E-state index is 11.0. The Bertz CT molecular complexity index is 161. The fourth-order valence-electron chi connectivity index (χ4n) is 1.69. The van der Waals surface area contributed by atoms with Crippen LogP contribution >= 0.6 is 0 Å². The highest BCUT2D eigenvalue weighted by molar-refractivity contribution is 5.78. The molecule has 1 fully saturated rings. The van der Waals surface area contributed by atoms with E-state index in [-0.39, 0.29) is 0 Å². The Morgan fingerprint density at radius 3 is 2.62 bits per heavy atom. The van der Waals surface area contributed by atoms with Crippen LogP contribution in [0.1, 0.15) is 38.5 Å². The Morgan fingerprint density at radius 2 is 2.00 bits per heavy atom. The van der Waals surface area contributed by atoms with Gasteiger partial charge in [-0.1, -0.05) is 6.08 Å². The number of hydrogen-bond acceptors (Lipinski definition) is 1. The molecular formula is C12H20O. The van der Waals surface area contributed by atoms with Gasteiger partial charge in [-0.15, -0.1) is 19.7 Å². The van der Waals surface area contributed by atoms with E-state index >= 15 is 0 Å². The lowest BCUT2D eigenvalue weighted by molar-refractivity contribution is -0.118. The van der Waals surface area contributed by atoms with E-state index in [0.717, 1.165) is 38.0 Å². The minimum Gasteiger partial charge on any atom is -0.300 e. The molecule has 1 aliphatic carbocycles. The molecule has 0 aromatic heterocycles. The minimum absolute atomic E-state index is 0.455. The second-order valence-corrected chi connectivity index (χ2v) is 3.36. The van der Waals surface area contributed by atoms with Crippen molar-refractivity contribution in [1.29, 1.82) is 0 Å². The van der Waals surface area contributed by atoms with Crippen molar-refractivity contribution in [3.8, 4) is 0 Å². The molecule has 0 saturated heterocycles. The highest BCUT2D eigenvalue weighted by atomic mass is 16.1. The molecule has 0 heterocycles. The summed E-state index contributed by atoms with van der Waals surface area (Å²) in [5.41, 5.74) is 0. The van der Waals surface area contributed by atoms with Gasteiger partial charge in [0, 0.05) is 12.8 Å². The van der Waals surface area contributed by atoms with Crippen molar-refractivity contribution in [2.24, 2.45) is 5.92 Å². The van der Waals surface area contributed by atoms with Crippen LogP contribution < -0.4 is 0 Å². The number of carbonyl (C=O) groups is 1. The van der Waals surface area contributed by atoms with Crippen LogP contribution in [0.5, 0.6) is 0 Å². The van der Waals surface area contributed by atoms with Gasteiger partial charge < -0.3 is 0 Å². The maximum absolute atomic E-state index is 11.0. The SMILES string of the molecule is C=C.C=CCC1CCCC(=O)CC1. The number of rotatable bonds is 2. The molecule has 1 rings (SSSR count). The van der Waals surface area contributed by atoms with Gasteiger partial charge in [-0.2, -0.15) is 0 Å². The summed E-state index contributed by atoms with van der Waals surface area (Å²) in [5.74, 6) is 1.19. The lowest BCUT2D eigenvalue weighted by atomic mass is 9.97. The zero-order valence-electron chi connectivity index (χ0n) is 8.43. The van der Waals surface area contributed by atoms with Gasteiger partial charge in [0.25, 0.3) is 0 Å². The molecule has 0 radical (unpaired) electrons. The third-order valence-electron chi connectivity index (χ3n) is 2.40. The molecule has 0 bridgehead atoms. The van der Waals surface area contributed by atoms with Crippen molar-refractivity contribution >= 4 is 5.78 Å². The molecule has 0 spiro atoms. The van der Waals surface area contributed by atoms with E-state index in [0.29, 0.717) is 5.78 Å². The summed E-state index contributed by atoms with van der Waals surface area (Å²) in [4.78, 5) is 11.0. The molecule has 0 N–H and O–H groups in total. The molecule has 74 valence electrons. The van der Waals surface area contributed by atoms with Gasteiger partial charge >= 0.3 is 0 Å². The largest absolute Gasteiger partial charge is 0.300 e. The number of carbonyl (C=O) groups excluding carboxylic acids is 1. The smallest absolute Gasteiger partial charge is 0.132 e. The molecule has 0 aromatic carbocycles. The first kappa shape index (κ1) is 12.2. The van der Waals surface area contributed by atoms with Crippen molar-refractivity contribution < 1.29 is 4.79 Å². The summed E-state index contributed by atoms with van der Waals surface area (Å²) >= 11 is 0. The van der Waals surface area contributed by atoms with Crippen LogP contribution in [0.2, 0.25) is 0 Å². The maximum Gasteiger partial charge on any atom is 0.132 e. The quantitative estimate of drug-likeness (QED) is 0.469. The standard InChI is InChI=1S/C10H16O.C2H4/c1-2-4-9-5-3-6-10(11)8-7-9;1-2/h2,9H,1,3-8H2;1-2H2. The molecular weight excluding hydrogens is 160 g/mol. The summed E-state index contributed by atoms with van der Waals surface area (Å²) < 4.78 is 0. The van der Waals surface area contributed by atoms with Gasteiger partial charge in [0.15, 0.2) is 0 Å². The third-order valence-corrected chi connectivity index (χ3v) is 2.40. The average Bonchev–Trinajstić information content (AvgIpc) is 2.36. The van der Waals surface area contributed by atoms with E-state index in [1.54, 1.807) is 0 Å². The molecule has 0 aromatic rings. The molecule has 1 saturated carbocycles. The number of allylic oxidation sites excluding steroid dienone is 1. The predicted octanol–water partition coefficient (Wildman–Crippen LogP) is 3.51. The average molecular weight is 180 g/mol. The number of hydrogen-bond donors (Lipinski definition) is 0. The summed E-state index contributed by atoms with van der Waals surface area (Å²) in [5, 5.41) is 0. The van der Waals surface area contributed by atoms with Crippen LogP contribution in [-0.2, 0) is 4.79 Å². The van der Waals surface area contributed by atoms with Crippen molar-refractivity contribution in [2.45, 2.75) is 38.5 Å². The van der Waals surface area contributed by atoms with E-state index < -0.39 is 0 Å². The Labute approximate surface area is 81.5 Å². The van der Waals surface area contributed by atoms with Crippen molar-refractivity contribution in [2.75, 3.05) is 0 Å². The minimum atomic E-state index is 0.455. The summed E-state index contributed by atoms with van der Waals surface area (Å²) in [6, 6.07) is 0. The molecule has 1 atom stereocenters. The Morgan fingerprint density at radius 1 is 1.31 bits per heavy atom. The van der Waals surface area contributed by atoms with Crippen LogP contribution in [0.25, 0.3) is 0 Å². The van der Waals surface area contributed by atoms with Crippen molar-refractivity contribution in [3.63, 3.8) is 0 Å². The molecule has 13 heavy (non-hydrogen) atoms. The molecule has 1 nitrogen and oxygen atoms in total. The van der Waals surface area contributed by atoms with Crippen LogP contribution in [0.3, 0.4) is 0 Å². The monoisotopic (exact) mass is 180 g/mol. The third kappa shape index (κ3) is 5.40. The van der Waals surface area contributed by atoms with Gasteiger partial charge in [-0.25, -0.2) is 0 Å². The summed E-state index contributed by atoms with van der Waals surface area (Å²) in [7, 11) is 0. The highest BCUT2D eigenvalue weighted by Crippen LogP contribution is 2.23. The van der Waals surface area contributed by atoms with E-state index in [2.05, 4.69) is 19.7 Å². The number of Topliss-reactive ketones (excluding diaryl/α,β-unsaturated/α-hetero) is 1. The normalized spacial score (nSPS) is 22.5. The molecule has 1 heteroatoms. The van der Waals surface area contributed by atoms with Gasteiger partial charge in [0.05, 0.1) is 0 Å². The van der Waals surface area contributed by atoms with Crippen LogP contribution in [-0.4, -0.2) is 5.78 Å². The fraction of sp³-hybridized carbons (Fsp3) is 0.583. The first-order valence-electron chi connectivity index (χ1n) is 4.95. The fourth-order valence-corrected chi connectivity index (χ4v) is 1.69. The van der Waals surface area contributed by atoms with Gasteiger partial charge in [0.1, 0.15) is 5.78 Å². The van der Waals surface area contributed by atoms with Gasteiger partial charge in [-0.3, -0.25) is 4.79 Å². The van der Waals surface area contributed by atoms with E-state index in [1.165, 1.54) is 6.42 Å². The van der Waals surface area contributed by atoms with Gasteiger partial charge in [0.2, 0.25) is 0 Å². The van der Waals surface area contributed by atoms with Crippen molar-refractivity contribution in [3.05, 3.63) is 25.8 Å². The molecule has 0 amide bonds. The van der Waals surface area contributed by atoms with Crippen LogP contribution in [0.4, 0.5) is 0 Å². The highest BCUT2D eigenvalue weighted by Gasteiger charge is 2.14. The zero-order chi connectivity index (χ0) is 10.1. The van der Waals surface area contributed by atoms with Crippen LogP contribution in [0, 0.1) is 5.92 Å². The van der Waals surface area contributed by atoms with E-state index in [9.17, 15) is 4.79 Å². The molecule has 0 aliphatic heterocycles. The topological polar surface area (TPSA) is 17.1 Å². The van der Waals surface area contributed by atoms with Gasteiger partial charge in [-0.05, 0) is 31.6 Å². The number of ketones is 1. The Kier molecular flexibility index (Phi) is 7.27. The summed E-state index contributed by atoms with van der Waals surface area (Å²) in [6.45, 7) is 9.72. The summed E-state index contributed by atoms with van der Waals surface area (Å²) in [6.07, 6.45) is 8.08. The lowest BCUT2D eigenvalue weighted by Gasteiger charge is -2.08. The van der Waals surface area contributed by atoms with Crippen LogP contribution in [0.15, 0.2) is 25.8 Å². The van der Waals surface area contributed by atoms with Crippen molar-refractivity contribution in [1.82, 2.24) is 0 Å². The predicted molar refractivity (Wildman–Crippen MR) is 57.7 cm³/mol. The van der Waals surface area contributed by atoms with E-state index in [1.807, 2.05) is 6.08 Å². The first-order chi connectivity index (χ1) is 6.33. The first-order valence-corrected chi connectivity index (χ1v) is 4.95. The van der Waals surface area contributed by atoms with E-state index in [4.69, 9.17) is 0 Å². The molecule has 1 aliphatic rings. The Balaban J connectivity index is 0.000000671. The lowest BCUT2D eigenvalue weighted by Crippen LogP contribution is -1.97. The zero-order valence-corrected chi connectivity index (χ0v) is 8.43. The Hall–Kier alpha value is -0.850. The second kappa shape index (κ2) is 7.78. The molecule has 1 unspecified atom stereocenters. The second-order valence-electron chi connectivity index (χ2n) is 3.36.